The Labute approximate surface area is 206 Å². The molecule has 0 amide bonds. The van der Waals surface area contributed by atoms with E-state index in [2.05, 4.69) is 82.6 Å². The number of imidazole rings is 1. The third-order valence-electron chi connectivity index (χ3n) is 6.82. The minimum atomic E-state index is -0.970. The van der Waals surface area contributed by atoms with Crippen LogP contribution in [0.1, 0.15) is 55.5 Å². The number of benzene rings is 2. The summed E-state index contributed by atoms with van der Waals surface area (Å²) in [5, 5.41) is 14.5. The molecule has 35 heavy (non-hydrogen) atoms. The van der Waals surface area contributed by atoms with Crippen molar-refractivity contribution in [3.8, 4) is 11.8 Å². The van der Waals surface area contributed by atoms with Gasteiger partial charge in [0.05, 0.1) is 6.33 Å². The molecule has 2 atom stereocenters. The van der Waals surface area contributed by atoms with Crippen LogP contribution in [0, 0.1) is 17.8 Å². The van der Waals surface area contributed by atoms with E-state index in [0.29, 0.717) is 48.1 Å². The lowest BCUT2D eigenvalue weighted by molar-refractivity contribution is 0.0410. The summed E-state index contributed by atoms with van der Waals surface area (Å²) in [7, 11) is 1.91. The predicted molar refractivity (Wildman–Crippen MR) is 139 cm³/mol. The molecule has 0 saturated heterocycles. The molecule has 2 aromatic heterocycles. The predicted octanol–water partition coefficient (Wildman–Crippen LogP) is 4.90. The lowest BCUT2D eigenvalue weighted by Crippen LogP contribution is -2.32. The van der Waals surface area contributed by atoms with E-state index < -0.39 is 5.60 Å². The van der Waals surface area contributed by atoms with Gasteiger partial charge < -0.3 is 15.0 Å². The maximum atomic E-state index is 11.0. The van der Waals surface area contributed by atoms with Crippen LogP contribution in [0.25, 0.3) is 11.2 Å². The van der Waals surface area contributed by atoms with Crippen LogP contribution in [0.3, 0.4) is 0 Å². The van der Waals surface area contributed by atoms with E-state index in [1.165, 1.54) is 11.1 Å². The van der Waals surface area contributed by atoms with Gasteiger partial charge in [0.1, 0.15) is 5.60 Å². The van der Waals surface area contributed by atoms with Crippen molar-refractivity contribution in [3.63, 3.8) is 0 Å². The van der Waals surface area contributed by atoms with Gasteiger partial charge in [-0.1, -0.05) is 79.9 Å². The zero-order valence-corrected chi connectivity index (χ0v) is 20.3. The Morgan fingerprint density at radius 2 is 1.77 bits per heavy atom. The summed E-state index contributed by atoms with van der Waals surface area (Å²) >= 11 is 0. The van der Waals surface area contributed by atoms with Gasteiger partial charge in [-0.2, -0.15) is 0 Å². The average Bonchev–Trinajstić information content (AvgIpc) is 3.25. The van der Waals surface area contributed by atoms with Crippen molar-refractivity contribution < 1.29 is 5.11 Å². The molecule has 1 aliphatic rings. The Morgan fingerprint density at radius 1 is 1.09 bits per heavy atom. The fourth-order valence-electron chi connectivity index (χ4n) is 4.99. The first kappa shape index (κ1) is 23.1. The van der Waals surface area contributed by atoms with E-state index in [1.807, 2.05) is 23.7 Å². The minimum absolute atomic E-state index is 0.144. The van der Waals surface area contributed by atoms with E-state index in [4.69, 9.17) is 4.98 Å². The van der Waals surface area contributed by atoms with Crippen molar-refractivity contribution in [1.82, 2.24) is 19.5 Å². The van der Waals surface area contributed by atoms with E-state index in [0.717, 1.165) is 12.8 Å². The number of hydrogen-bond donors (Lipinski definition) is 2. The van der Waals surface area contributed by atoms with Crippen molar-refractivity contribution in [2.75, 3.05) is 11.9 Å². The Balaban J connectivity index is 1.47. The van der Waals surface area contributed by atoms with Crippen molar-refractivity contribution in [2.45, 2.75) is 44.1 Å². The zero-order chi connectivity index (χ0) is 24.3. The number of aliphatic hydroxyl groups is 1. The van der Waals surface area contributed by atoms with Crippen molar-refractivity contribution >= 4 is 17.0 Å². The topological polar surface area (TPSA) is 75.9 Å². The third kappa shape index (κ3) is 5.21. The summed E-state index contributed by atoms with van der Waals surface area (Å²) in [5.41, 5.74) is 2.91. The lowest BCUT2D eigenvalue weighted by Gasteiger charge is -2.30. The Kier molecular flexibility index (Phi) is 6.52. The second-order valence-corrected chi connectivity index (χ2v) is 9.66. The molecule has 0 radical (unpaired) electrons. The second-order valence-electron chi connectivity index (χ2n) is 9.66. The maximum absolute atomic E-state index is 11.0. The van der Waals surface area contributed by atoms with Crippen molar-refractivity contribution in [2.24, 2.45) is 13.0 Å². The highest BCUT2D eigenvalue weighted by Gasteiger charge is 2.30. The highest BCUT2D eigenvalue weighted by molar-refractivity contribution is 5.83. The standard InChI is InChI=1S/C29H31N5O/c1-21-10-9-16-29(35,18-21)17-15-25-32-27(26-28(33-25)34(2)20-31-26)30-19-24(22-11-5-3-6-12-22)23-13-7-4-8-14-23/h3-8,11-14,20-21,24,35H,9-10,16,18-19H2,1-2H3,(H,30,32,33). The normalized spacial score (nSPS) is 19.9. The summed E-state index contributed by atoms with van der Waals surface area (Å²) in [5.74, 6) is 7.82. The number of anilines is 1. The molecule has 1 fully saturated rings. The number of hydrogen-bond acceptors (Lipinski definition) is 5. The quantitative estimate of drug-likeness (QED) is 0.410. The smallest absolute Gasteiger partial charge is 0.209 e. The number of fused-ring (bicyclic) bond motifs is 1. The summed E-state index contributed by atoms with van der Waals surface area (Å²) in [6, 6.07) is 20.9. The van der Waals surface area contributed by atoms with Crippen LogP contribution in [0.5, 0.6) is 0 Å². The minimum Gasteiger partial charge on any atom is -0.378 e. The summed E-state index contributed by atoms with van der Waals surface area (Å²) < 4.78 is 1.87. The maximum Gasteiger partial charge on any atom is 0.209 e. The van der Waals surface area contributed by atoms with Crippen LogP contribution in [0.15, 0.2) is 67.0 Å². The van der Waals surface area contributed by atoms with E-state index >= 15 is 0 Å². The second kappa shape index (κ2) is 9.89. The molecule has 0 bridgehead atoms. The van der Waals surface area contributed by atoms with E-state index in [1.54, 1.807) is 6.33 Å². The number of rotatable bonds is 5. The highest BCUT2D eigenvalue weighted by atomic mass is 16.3. The van der Waals surface area contributed by atoms with Crippen LogP contribution in [-0.4, -0.2) is 36.8 Å². The number of aromatic nitrogens is 4. The van der Waals surface area contributed by atoms with Crippen LogP contribution >= 0.6 is 0 Å². The van der Waals surface area contributed by atoms with Gasteiger partial charge in [-0.15, -0.1) is 0 Å². The van der Waals surface area contributed by atoms with Crippen LogP contribution in [-0.2, 0) is 7.05 Å². The summed E-state index contributed by atoms with van der Waals surface area (Å²) in [6.07, 6.45) is 5.25. The van der Waals surface area contributed by atoms with Crippen molar-refractivity contribution in [1.29, 1.82) is 0 Å². The third-order valence-corrected chi connectivity index (χ3v) is 6.82. The fraction of sp³-hybridized carbons (Fsp3) is 0.345. The zero-order valence-electron chi connectivity index (χ0n) is 20.3. The average molecular weight is 466 g/mol. The largest absolute Gasteiger partial charge is 0.378 e. The van der Waals surface area contributed by atoms with Gasteiger partial charge in [0, 0.05) is 19.5 Å². The number of nitrogens with one attached hydrogen (secondary N) is 1. The lowest BCUT2D eigenvalue weighted by atomic mass is 9.79. The van der Waals surface area contributed by atoms with Crippen LogP contribution in [0.2, 0.25) is 0 Å². The fourth-order valence-corrected chi connectivity index (χ4v) is 4.99. The molecule has 1 aliphatic carbocycles. The molecule has 2 unspecified atom stereocenters. The molecule has 0 spiro atoms. The van der Waals surface area contributed by atoms with Gasteiger partial charge in [0.15, 0.2) is 17.0 Å². The first-order valence-corrected chi connectivity index (χ1v) is 12.3. The van der Waals surface area contributed by atoms with E-state index in [-0.39, 0.29) is 5.92 Å². The molecule has 1 saturated carbocycles. The van der Waals surface area contributed by atoms with E-state index in [9.17, 15) is 5.11 Å². The van der Waals surface area contributed by atoms with Crippen LogP contribution in [0.4, 0.5) is 5.82 Å². The Hall–Kier alpha value is -3.69. The summed E-state index contributed by atoms with van der Waals surface area (Å²) in [4.78, 5) is 13.9. The summed E-state index contributed by atoms with van der Waals surface area (Å²) in [6.45, 7) is 2.81. The van der Waals surface area contributed by atoms with Gasteiger partial charge >= 0.3 is 0 Å². The molecule has 2 N–H and O–H groups in total. The number of aryl methyl sites for hydroxylation is 1. The Bertz CT molecular complexity index is 1320. The molecule has 178 valence electrons. The molecular weight excluding hydrogens is 434 g/mol. The molecule has 6 nitrogen and oxygen atoms in total. The monoisotopic (exact) mass is 465 g/mol. The Morgan fingerprint density at radius 3 is 2.43 bits per heavy atom. The van der Waals surface area contributed by atoms with Gasteiger partial charge in [-0.05, 0) is 42.2 Å². The SMILES string of the molecule is CC1CCCC(O)(C#Cc2nc(NCC(c3ccccc3)c3ccccc3)c3ncn(C)c3n2)C1. The molecule has 6 heteroatoms. The molecule has 0 aliphatic heterocycles. The molecule has 2 aromatic carbocycles. The molecule has 4 aromatic rings. The van der Waals surface area contributed by atoms with Gasteiger partial charge in [0.25, 0.3) is 0 Å². The first-order chi connectivity index (χ1) is 17.0. The highest BCUT2D eigenvalue weighted by Crippen LogP contribution is 2.32. The number of nitrogens with zero attached hydrogens (tertiary/aromatic N) is 4. The van der Waals surface area contributed by atoms with Gasteiger partial charge in [-0.3, -0.25) is 0 Å². The molecule has 2 heterocycles. The van der Waals surface area contributed by atoms with Gasteiger partial charge in [-0.25, -0.2) is 15.0 Å². The first-order valence-electron chi connectivity index (χ1n) is 12.3. The van der Waals surface area contributed by atoms with Gasteiger partial charge in [0.2, 0.25) is 5.82 Å². The molecule has 5 rings (SSSR count). The molecular formula is C29H31N5O. The van der Waals surface area contributed by atoms with Crippen molar-refractivity contribution in [3.05, 3.63) is 83.9 Å². The van der Waals surface area contributed by atoms with Crippen LogP contribution < -0.4 is 5.32 Å².